The average molecular weight is 329 g/mol. The van der Waals surface area contributed by atoms with Gasteiger partial charge in [-0.15, -0.1) is 0 Å². The molecule has 8 heteroatoms. The number of esters is 1. The third-order valence-corrected chi connectivity index (χ3v) is 3.54. The second-order valence-corrected chi connectivity index (χ2v) is 5.44. The van der Waals surface area contributed by atoms with Gasteiger partial charge in [0.1, 0.15) is 6.33 Å². The molecule has 6 nitrogen and oxygen atoms in total. The molecule has 2 N–H and O–H groups in total. The molecule has 0 saturated carbocycles. The lowest BCUT2D eigenvalue weighted by Crippen LogP contribution is -2.13. The molecule has 0 unspecified atom stereocenters. The highest BCUT2D eigenvalue weighted by atomic mass is 35.5. The van der Waals surface area contributed by atoms with E-state index in [9.17, 15) is 4.79 Å². The first-order valence-corrected chi connectivity index (χ1v) is 6.95. The maximum atomic E-state index is 12.1. The summed E-state index contributed by atoms with van der Waals surface area (Å²) < 4.78 is 6.86. The van der Waals surface area contributed by atoms with Crippen molar-refractivity contribution in [1.82, 2.24) is 14.8 Å². The smallest absolute Gasteiger partial charge is 0.340 e. The molecule has 0 aliphatic heterocycles. The zero-order valence-corrected chi connectivity index (χ0v) is 13.0. The molecule has 2 rings (SSSR count). The van der Waals surface area contributed by atoms with E-state index in [1.54, 1.807) is 4.68 Å². The van der Waals surface area contributed by atoms with Gasteiger partial charge in [0.05, 0.1) is 15.6 Å². The van der Waals surface area contributed by atoms with Crippen molar-refractivity contribution < 1.29 is 9.53 Å². The van der Waals surface area contributed by atoms with Gasteiger partial charge in [-0.2, -0.15) is 5.10 Å². The van der Waals surface area contributed by atoms with Crippen LogP contribution in [-0.2, 0) is 11.3 Å². The fourth-order valence-corrected chi connectivity index (χ4v) is 2.19. The van der Waals surface area contributed by atoms with E-state index >= 15 is 0 Å². The lowest BCUT2D eigenvalue weighted by atomic mass is 10.2. The molecular formula is C13H14Cl2N4O2. The predicted molar refractivity (Wildman–Crippen MR) is 80.4 cm³/mol. The zero-order chi connectivity index (χ0) is 15.6. The molecule has 0 saturated heterocycles. The van der Waals surface area contributed by atoms with Crippen LogP contribution in [0.3, 0.4) is 0 Å². The molecule has 1 aromatic heterocycles. The maximum absolute atomic E-state index is 12.1. The summed E-state index contributed by atoms with van der Waals surface area (Å²) in [5.41, 5.74) is 6.10. The van der Waals surface area contributed by atoms with Gasteiger partial charge in [0.25, 0.3) is 0 Å². The van der Waals surface area contributed by atoms with Gasteiger partial charge in [0.2, 0.25) is 0 Å². The Morgan fingerprint density at radius 2 is 2.14 bits per heavy atom. The number of hydrogen-bond acceptors (Lipinski definition) is 5. The molecule has 0 amide bonds. The number of rotatable bonds is 4. The van der Waals surface area contributed by atoms with Crippen molar-refractivity contribution in [2.75, 3.05) is 5.73 Å². The molecular weight excluding hydrogens is 315 g/mol. The topological polar surface area (TPSA) is 83.0 Å². The van der Waals surface area contributed by atoms with Crippen LogP contribution < -0.4 is 5.73 Å². The van der Waals surface area contributed by atoms with Gasteiger partial charge in [0.15, 0.2) is 12.4 Å². The van der Waals surface area contributed by atoms with E-state index in [0.29, 0.717) is 11.5 Å². The van der Waals surface area contributed by atoms with Gasteiger partial charge in [-0.1, -0.05) is 23.2 Å². The van der Waals surface area contributed by atoms with E-state index in [1.165, 1.54) is 18.5 Å². The average Bonchev–Trinajstić information content (AvgIpc) is 2.88. The highest BCUT2D eigenvalue weighted by Gasteiger charge is 2.17. The second kappa shape index (κ2) is 6.32. The number of nitrogens with zero attached hydrogens (tertiary/aromatic N) is 3. The minimum atomic E-state index is -0.618. The third-order valence-electron chi connectivity index (χ3n) is 2.74. The Labute approximate surface area is 131 Å². The molecule has 112 valence electrons. The molecule has 21 heavy (non-hydrogen) atoms. The van der Waals surface area contributed by atoms with Gasteiger partial charge in [-0.3, -0.25) is 0 Å². The van der Waals surface area contributed by atoms with Crippen LogP contribution in [0.25, 0.3) is 0 Å². The van der Waals surface area contributed by atoms with E-state index in [4.69, 9.17) is 33.7 Å². The number of carbonyl (C=O) groups is 1. The second-order valence-electron chi connectivity index (χ2n) is 4.65. The summed E-state index contributed by atoms with van der Waals surface area (Å²) in [6.07, 6.45) is 1.41. The standard InChI is InChI=1S/C13H14Cl2N4O2/c1-7(2)19-11(17-6-18-19)5-21-13(20)9-3-8(16)4-10(14)12(9)15/h3-4,6-7H,5,16H2,1-2H3. The fraction of sp³-hybridized carbons (Fsp3) is 0.308. The number of halogens is 2. The molecule has 0 radical (unpaired) electrons. The van der Waals surface area contributed by atoms with Crippen molar-refractivity contribution in [3.63, 3.8) is 0 Å². The molecule has 2 aromatic rings. The Bertz CT molecular complexity index is 670. The highest BCUT2D eigenvalue weighted by Crippen LogP contribution is 2.29. The van der Waals surface area contributed by atoms with Crippen LogP contribution in [0.1, 0.15) is 36.1 Å². The van der Waals surface area contributed by atoms with Crippen molar-refractivity contribution in [2.24, 2.45) is 0 Å². The number of ether oxygens (including phenoxy) is 1. The lowest BCUT2D eigenvalue weighted by molar-refractivity contribution is 0.0455. The molecule has 0 atom stereocenters. The van der Waals surface area contributed by atoms with Crippen molar-refractivity contribution in [3.05, 3.63) is 39.9 Å². The van der Waals surface area contributed by atoms with Crippen LogP contribution in [0.15, 0.2) is 18.5 Å². The van der Waals surface area contributed by atoms with E-state index in [2.05, 4.69) is 10.1 Å². The van der Waals surface area contributed by atoms with E-state index in [0.717, 1.165) is 0 Å². The minimum Gasteiger partial charge on any atom is -0.454 e. The molecule has 0 spiro atoms. The quantitative estimate of drug-likeness (QED) is 0.688. The zero-order valence-electron chi connectivity index (χ0n) is 11.5. The minimum absolute atomic E-state index is 0.0141. The summed E-state index contributed by atoms with van der Waals surface area (Å²) in [7, 11) is 0. The Kier molecular flexibility index (Phi) is 4.69. The molecule has 0 aliphatic carbocycles. The molecule has 0 bridgehead atoms. The summed E-state index contributed by atoms with van der Waals surface area (Å²) in [5, 5.41) is 4.37. The predicted octanol–water partition coefficient (Wildman–Crippen LogP) is 3.11. The van der Waals surface area contributed by atoms with E-state index in [-0.39, 0.29) is 28.3 Å². The summed E-state index contributed by atoms with van der Waals surface area (Å²) in [5.74, 6) is -0.0722. The summed E-state index contributed by atoms with van der Waals surface area (Å²) in [6, 6.07) is 3.01. The monoisotopic (exact) mass is 328 g/mol. The Morgan fingerprint density at radius 1 is 1.43 bits per heavy atom. The molecule has 1 aromatic carbocycles. The van der Waals surface area contributed by atoms with Crippen LogP contribution in [0, 0.1) is 0 Å². The van der Waals surface area contributed by atoms with Crippen molar-refractivity contribution >= 4 is 34.9 Å². The van der Waals surface area contributed by atoms with Gasteiger partial charge in [-0.05, 0) is 26.0 Å². The maximum Gasteiger partial charge on any atom is 0.340 e. The molecule has 0 aliphatic rings. The van der Waals surface area contributed by atoms with Crippen LogP contribution in [0.5, 0.6) is 0 Å². The third kappa shape index (κ3) is 3.46. The van der Waals surface area contributed by atoms with Crippen LogP contribution in [-0.4, -0.2) is 20.7 Å². The Morgan fingerprint density at radius 3 is 2.81 bits per heavy atom. The van der Waals surface area contributed by atoms with Crippen molar-refractivity contribution in [2.45, 2.75) is 26.5 Å². The number of nitrogen functional groups attached to an aromatic ring is 1. The Balaban J connectivity index is 2.14. The number of carbonyl (C=O) groups excluding carboxylic acids is 1. The molecule has 1 heterocycles. The van der Waals surface area contributed by atoms with E-state index in [1.807, 2.05) is 13.8 Å². The van der Waals surface area contributed by atoms with E-state index < -0.39 is 5.97 Å². The number of benzene rings is 1. The lowest BCUT2D eigenvalue weighted by Gasteiger charge is -2.11. The number of nitrogens with two attached hydrogens (primary N) is 1. The first-order valence-electron chi connectivity index (χ1n) is 6.20. The first kappa shape index (κ1) is 15.6. The van der Waals surface area contributed by atoms with Crippen molar-refractivity contribution in [3.8, 4) is 0 Å². The first-order chi connectivity index (χ1) is 9.90. The summed E-state index contributed by atoms with van der Waals surface area (Å²) in [4.78, 5) is 16.1. The van der Waals surface area contributed by atoms with Crippen LogP contribution in [0.2, 0.25) is 10.0 Å². The van der Waals surface area contributed by atoms with Crippen LogP contribution >= 0.6 is 23.2 Å². The number of anilines is 1. The van der Waals surface area contributed by atoms with Gasteiger partial charge >= 0.3 is 5.97 Å². The van der Waals surface area contributed by atoms with Crippen LogP contribution in [0.4, 0.5) is 5.69 Å². The number of aromatic nitrogens is 3. The Hall–Kier alpha value is -1.79. The number of hydrogen-bond donors (Lipinski definition) is 1. The largest absolute Gasteiger partial charge is 0.454 e. The SMILES string of the molecule is CC(C)n1ncnc1COC(=O)c1cc(N)cc(Cl)c1Cl. The van der Waals surface area contributed by atoms with Gasteiger partial charge < -0.3 is 10.5 Å². The molecule has 0 fully saturated rings. The summed E-state index contributed by atoms with van der Waals surface area (Å²) >= 11 is 11.9. The van der Waals surface area contributed by atoms with Gasteiger partial charge in [-0.25, -0.2) is 14.5 Å². The summed E-state index contributed by atoms with van der Waals surface area (Å²) in [6.45, 7) is 3.89. The van der Waals surface area contributed by atoms with Gasteiger partial charge in [0, 0.05) is 11.7 Å². The van der Waals surface area contributed by atoms with Crippen molar-refractivity contribution in [1.29, 1.82) is 0 Å². The highest BCUT2D eigenvalue weighted by molar-refractivity contribution is 6.44. The normalized spacial score (nSPS) is 10.9. The fourth-order valence-electron chi connectivity index (χ4n) is 1.78.